The minimum atomic E-state index is -4.31. The minimum Gasteiger partial charge on any atom is -0.324 e. The van der Waals surface area contributed by atoms with Crippen molar-refractivity contribution >= 4 is 15.9 Å². The summed E-state index contributed by atoms with van der Waals surface area (Å²) in [5.74, 6) is 0.589. The highest BCUT2D eigenvalue weighted by Crippen LogP contribution is 2.39. The van der Waals surface area contributed by atoms with Gasteiger partial charge >= 0.3 is 6.18 Å². The zero-order chi connectivity index (χ0) is 12.6. The third kappa shape index (κ3) is 3.22. The molecule has 1 saturated carbocycles. The Morgan fingerprint density at radius 2 is 2.00 bits per heavy atom. The van der Waals surface area contributed by atoms with Crippen LogP contribution in [0.25, 0.3) is 0 Å². The van der Waals surface area contributed by atoms with Crippen LogP contribution in [0.2, 0.25) is 0 Å². The van der Waals surface area contributed by atoms with Crippen LogP contribution in [-0.2, 0) is 6.18 Å². The van der Waals surface area contributed by atoms with Gasteiger partial charge in [0.15, 0.2) is 0 Å². The summed E-state index contributed by atoms with van der Waals surface area (Å²) in [5.41, 5.74) is 5.86. The van der Waals surface area contributed by atoms with Crippen molar-refractivity contribution in [2.75, 3.05) is 0 Å². The molecule has 5 heteroatoms. The first kappa shape index (κ1) is 12.9. The first-order chi connectivity index (χ1) is 7.88. The van der Waals surface area contributed by atoms with E-state index in [1.807, 2.05) is 0 Å². The molecule has 1 nitrogen and oxygen atoms in total. The maximum Gasteiger partial charge on any atom is 0.416 e. The largest absolute Gasteiger partial charge is 0.416 e. The summed E-state index contributed by atoms with van der Waals surface area (Å²) in [6.45, 7) is 0. The Morgan fingerprint density at radius 1 is 1.35 bits per heavy atom. The summed E-state index contributed by atoms with van der Waals surface area (Å²) in [6.07, 6.45) is -1.26. The van der Waals surface area contributed by atoms with Crippen molar-refractivity contribution in [3.8, 4) is 0 Å². The lowest BCUT2D eigenvalue weighted by molar-refractivity contribution is -0.137. The van der Waals surface area contributed by atoms with E-state index in [0.29, 0.717) is 16.0 Å². The van der Waals surface area contributed by atoms with E-state index in [2.05, 4.69) is 15.9 Å². The van der Waals surface area contributed by atoms with Gasteiger partial charge in [-0.15, -0.1) is 0 Å². The molecule has 1 atom stereocenters. The zero-order valence-electron chi connectivity index (χ0n) is 9.10. The average Bonchev–Trinajstić information content (AvgIpc) is 3.00. The van der Waals surface area contributed by atoms with Gasteiger partial charge in [0.1, 0.15) is 0 Å². The predicted molar refractivity (Wildman–Crippen MR) is 63.4 cm³/mol. The first-order valence-corrected chi connectivity index (χ1v) is 6.29. The lowest BCUT2D eigenvalue weighted by Crippen LogP contribution is -2.14. The van der Waals surface area contributed by atoms with Crippen LogP contribution in [0.15, 0.2) is 22.7 Å². The number of hydrogen-bond donors (Lipinski definition) is 1. The van der Waals surface area contributed by atoms with Gasteiger partial charge < -0.3 is 5.73 Å². The Bertz CT molecular complexity index is 413. The average molecular weight is 308 g/mol. The fourth-order valence-corrected chi connectivity index (χ4v) is 2.38. The summed E-state index contributed by atoms with van der Waals surface area (Å²) >= 11 is 3.26. The van der Waals surface area contributed by atoms with Crippen molar-refractivity contribution in [1.29, 1.82) is 0 Å². The van der Waals surface area contributed by atoms with E-state index in [-0.39, 0.29) is 6.04 Å². The Morgan fingerprint density at radius 3 is 2.53 bits per heavy atom. The second-order valence-corrected chi connectivity index (χ2v) is 5.37. The molecule has 1 aliphatic carbocycles. The molecule has 0 bridgehead atoms. The van der Waals surface area contributed by atoms with Crippen molar-refractivity contribution in [1.82, 2.24) is 0 Å². The summed E-state index contributed by atoms with van der Waals surface area (Å²) in [4.78, 5) is 0. The van der Waals surface area contributed by atoms with Crippen LogP contribution in [-0.4, -0.2) is 0 Å². The highest BCUT2D eigenvalue weighted by molar-refractivity contribution is 9.10. The van der Waals surface area contributed by atoms with Crippen molar-refractivity contribution in [3.05, 3.63) is 33.8 Å². The van der Waals surface area contributed by atoms with Crippen LogP contribution >= 0.6 is 15.9 Å². The van der Waals surface area contributed by atoms with Gasteiger partial charge in [0.05, 0.1) is 5.56 Å². The molecule has 1 aliphatic rings. The number of benzene rings is 1. The number of alkyl halides is 3. The number of halogens is 4. The molecule has 0 saturated heterocycles. The quantitative estimate of drug-likeness (QED) is 0.887. The Labute approximate surface area is 106 Å². The molecule has 1 aromatic rings. The lowest BCUT2D eigenvalue weighted by atomic mass is 10.00. The van der Waals surface area contributed by atoms with E-state index in [4.69, 9.17) is 5.73 Å². The van der Waals surface area contributed by atoms with E-state index in [1.165, 1.54) is 6.07 Å². The highest BCUT2D eigenvalue weighted by Gasteiger charge is 2.32. The molecule has 1 fully saturated rings. The summed E-state index contributed by atoms with van der Waals surface area (Å²) in [7, 11) is 0. The van der Waals surface area contributed by atoms with Crippen LogP contribution in [0, 0.1) is 5.92 Å². The van der Waals surface area contributed by atoms with E-state index in [1.54, 1.807) is 0 Å². The van der Waals surface area contributed by atoms with Gasteiger partial charge in [0.2, 0.25) is 0 Å². The molecule has 1 aromatic carbocycles. The second kappa shape index (κ2) is 4.61. The van der Waals surface area contributed by atoms with Gasteiger partial charge in [-0.2, -0.15) is 13.2 Å². The number of nitrogens with two attached hydrogens (primary N) is 1. The van der Waals surface area contributed by atoms with Crippen LogP contribution in [0.3, 0.4) is 0 Å². The van der Waals surface area contributed by atoms with Gasteiger partial charge in [0.25, 0.3) is 0 Å². The molecule has 94 valence electrons. The first-order valence-electron chi connectivity index (χ1n) is 5.50. The normalized spacial score (nSPS) is 18.2. The number of rotatable bonds is 3. The van der Waals surface area contributed by atoms with E-state index >= 15 is 0 Å². The fourth-order valence-electron chi connectivity index (χ4n) is 1.84. The molecule has 0 heterocycles. The molecule has 0 aromatic heterocycles. The van der Waals surface area contributed by atoms with Crippen molar-refractivity contribution in [3.63, 3.8) is 0 Å². The van der Waals surface area contributed by atoms with E-state index in [9.17, 15) is 13.2 Å². The van der Waals surface area contributed by atoms with Gasteiger partial charge in [-0.3, -0.25) is 0 Å². The lowest BCUT2D eigenvalue weighted by Gasteiger charge is -2.16. The maximum atomic E-state index is 12.6. The minimum absolute atomic E-state index is 0.320. The molecule has 2 N–H and O–H groups in total. The molecule has 0 radical (unpaired) electrons. The highest BCUT2D eigenvalue weighted by atomic mass is 79.9. The van der Waals surface area contributed by atoms with Crippen molar-refractivity contribution in [2.45, 2.75) is 31.5 Å². The molecule has 0 spiro atoms. The summed E-state index contributed by atoms with van der Waals surface area (Å²) in [6, 6.07) is 3.32. The van der Waals surface area contributed by atoms with E-state index < -0.39 is 11.7 Å². The predicted octanol–water partition coefficient (Wildman–Crippen LogP) is 4.27. The topological polar surface area (TPSA) is 26.0 Å². The Kier molecular flexibility index (Phi) is 3.50. The van der Waals surface area contributed by atoms with Crippen LogP contribution in [0.5, 0.6) is 0 Å². The number of hydrogen-bond acceptors (Lipinski definition) is 1. The molecular weight excluding hydrogens is 295 g/mol. The van der Waals surface area contributed by atoms with E-state index in [0.717, 1.165) is 31.4 Å². The smallest absolute Gasteiger partial charge is 0.324 e. The zero-order valence-corrected chi connectivity index (χ0v) is 10.7. The molecule has 2 rings (SSSR count). The van der Waals surface area contributed by atoms with Gasteiger partial charge in [-0.05, 0) is 36.1 Å². The SMILES string of the molecule is N[C@@H](CC1CC1)c1cc(C(F)(F)F)ccc1Br. The molecule has 0 aliphatic heterocycles. The van der Waals surface area contributed by atoms with Crippen LogP contribution in [0.4, 0.5) is 13.2 Å². The molecular formula is C12H13BrF3N. The van der Waals surface area contributed by atoms with Crippen LogP contribution < -0.4 is 5.73 Å². The van der Waals surface area contributed by atoms with Crippen molar-refractivity contribution < 1.29 is 13.2 Å². The Hall–Kier alpha value is -0.550. The fraction of sp³-hybridized carbons (Fsp3) is 0.500. The molecule has 17 heavy (non-hydrogen) atoms. The Balaban J connectivity index is 2.24. The third-order valence-corrected chi connectivity index (χ3v) is 3.73. The van der Waals surface area contributed by atoms with Crippen LogP contribution in [0.1, 0.15) is 36.4 Å². The van der Waals surface area contributed by atoms with Gasteiger partial charge in [-0.1, -0.05) is 28.8 Å². The molecule has 0 amide bonds. The standard InChI is InChI=1S/C12H13BrF3N/c13-10-4-3-8(12(14,15)16)6-9(10)11(17)5-7-1-2-7/h3-4,6-7,11H,1-2,5,17H2/t11-/m0/s1. The molecule has 0 unspecified atom stereocenters. The van der Waals surface area contributed by atoms with Gasteiger partial charge in [0, 0.05) is 10.5 Å². The second-order valence-electron chi connectivity index (χ2n) is 4.52. The summed E-state index contributed by atoms with van der Waals surface area (Å²) in [5, 5.41) is 0. The van der Waals surface area contributed by atoms with Gasteiger partial charge in [-0.25, -0.2) is 0 Å². The maximum absolute atomic E-state index is 12.6. The van der Waals surface area contributed by atoms with Crippen molar-refractivity contribution in [2.24, 2.45) is 11.7 Å². The third-order valence-electron chi connectivity index (χ3n) is 3.01. The summed E-state index contributed by atoms with van der Waals surface area (Å²) < 4.78 is 38.4. The monoisotopic (exact) mass is 307 g/mol.